The van der Waals surface area contributed by atoms with E-state index in [1.54, 1.807) is 0 Å². The molecule has 1 saturated heterocycles. The minimum absolute atomic E-state index is 0.0113. The van der Waals surface area contributed by atoms with Crippen molar-refractivity contribution in [1.29, 1.82) is 0 Å². The van der Waals surface area contributed by atoms with E-state index in [4.69, 9.17) is 14.5 Å². The number of pyridine rings is 1. The van der Waals surface area contributed by atoms with E-state index in [-0.39, 0.29) is 23.9 Å². The van der Waals surface area contributed by atoms with Crippen molar-refractivity contribution in [3.63, 3.8) is 0 Å². The van der Waals surface area contributed by atoms with E-state index in [2.05, 4.69) is 30.5 Å². The standard InChI is InChI=1S/C32H37FN2O3/c1-4-5-18-34-29(36)20-25-19-24(37-32(2,3)38-25)16-17-27-30(21-12-14-23(33)15-13-21)26-8-6-7-9-28(26)35-31(27)22-10-11-22/h6-9,12-17,22,24-25H,4-5,10-11,18-20H2,1-3H3,(H,34,36)/b17-16+/t24-,25-/m1/s1. The first-order valence-electron chi connectivity index (χ1n) is 13.8. The van der Waals surface area contributed by atoms with Crippen molar-refractivity contribution in [2.24, 2.45) is 0 Å². The second-order valence-corrected chi connectivity index (χ2v) is 10.9. The molecule has 6 heteroatoms. The molecule has 38 heavy (non-hydrogen) atoms. The van der Waals surface area contributed by atoms with Crippen molar-refractivity contribution in [2.75, 3.05) is 6.54 Å². The van der Waals surface area contributed by atoms with E-state index in [1.165, 1.54) is 12.1 Å². The third-order valence-electron chi connectivity index (χ3n) is 7.18. The predicted octanol–water partition coefficient (Wildman–Crippen LogP) is 7.15. The second-order valence-electron chi connectivity index (χ2n) is 10.9. The number of aromatic nitrogens is 1. The van der Waals surface area contributed by atoms with Gasteiger partial charge in [-0.2, -0.15) is 0 Å². The van der Waals surface area contributed by atoms with Crippen molar-refractivity contribution < 1.29 is 18.7 Å². The quantitative estimate of drug-likeness (QED) is 0.307. The van der Waals surface area contributed by atoms with Crippen molar-refractivity contribution in [3.8, 4) is 11.1 Å². The zero-order valence-electron chi connectivity index (χ0n) is 22.5. The van der Waals surface area contributed by atoms with Crippen molar-refractivity contribution in [1.82, 2.24) is 10.3 Å². The number of hydrogen-bond acceptors (Lipinski definition) is 4. The molecule has 1 N–H and O–H groups in total. The maximum Gasteiger partial charge on any atom is 0.222 e. The lowest BCUT2D eigenvalue weighted by molar-refractivity contribution is -0.289. The van der Waals surface area contributed by atoms with Gasteiger partial charge < -0.3 is 14.8 Å². The first kappa shape index (κ1) is 26.5. The molecule has 5 nitrogen and oxygen atoms in total. The van der Waals surface area contributed by atoms with E-state index < -0.39 is 5.79 Å². The fraction of sp³-hybridized carbons (Fsp3) is 0.438. The maximum atomic E-state index is 13.8. The van der Waals surface area contributed by atoms with Crippen molar-refractivity contribution in [3.05, 3.63) is 71.7 Å². The SMILES string of the molecule is CCCCNC(=O)C[C@H]1C[C@@H](/C=C/c2c(C3CC3)nc3ccccc3c2-c2ccc(F)cc2)OC(C)(C)O1. The number of nitrogens with one attached hydrogen (secondary N) is 1. The van der Waals surface area contributed by atoms with E-state index in [0.717, 1.165) is 59.0 Å². The summed E-state index contributed by atoms with van der Waals surface area (Å²) in [6.45, 7) is 6.59. The summed E-state index contributed by atoms with van der Waals surface area (Å²) >= 11 is 0. The van der Waals surface area contributed by atoms with Crippen LogP contribution in [0.2, 0.25) is 0 Å². The van der Waals surface area contributed by atoms with Gasteiger partial charge in [0.15, 0.2) is 5.79 Å². The number of carbonyl (C=O) groups is 1. The number of hydrogen-bond donors (Lipinski definition) is 1. The van der Waals surface area contributed by atoms with Gasteiger partial charge in [0, 0.05) is 35.4 Å². The highest BCUT2D eigenvalue weighted by atomic mass is 19.1. The van der Waals surface area contributed by atoms with Crippen molar-refractivity contribution >= 4 is 22.9 Å². The molecule has 200 valence electrons. The van der Waals surface area contributed by atoms with Crippen LogP contribution in [0.15, 0.2) is 54.6 Å². The van der Waals surface area contributed by atoms with Crippen LogP contribution in [0.3, 0.4) is 0 Å². The Balaban J connectivity index is 1.48. The summed E-state index contributed by atoms with van der Waals surface area (Å²) in [5, 5.41) is 4.03. The normalized spacial score (nSPS) is 21.2. The Morgan fingerprint density at radius 2 is 1.89 bits per heavy atom. The zero-order valence-corrected chi connectivity index (χ0v) is 22.5. The molecule has 0 spiro atoms. The summed E-state index contributed by atoms with van der Waals surface area (Å²) in [6.07, 6.45) is 8.90. The highest BCUT2D eigenvalue weighted by Gasteiger charge is 2.36. The number of benzene rings is 2. The minimum atomic E-state index is -0.803. The summed E-state index contributed by atoms with van der Waals surface area (Å²) in [5.74, 6) is -0.626. The van der Waals surface area contributed by atoms with Gasteiger partial charge in [-0.15, -0.1) is 0 Å². The molecule has 2 aliphatic rings. The average Bonchev–Trinajstić information content (AvgIpc) is 3.72. The largest absolute Gasteiger partial charge is 0.356 e. The van der Waals surface area contributed by atoms with Crippen LogP contribution in [0, 0.1) is 5.82 Å². The molecule has 1 aliphatic carbocycles. The first-order valence-corrected chi connectivity index (χ1v) is 13.8. The summed E-state index contributed by atoms with van der Waals surface area (Å²) in [6, 6.07) is 14.8. The topological polar surface area (TPSA) is 60.5 Å². The van der Waals surface area contributed by atoms with Gasteiger partial charge in [-0.3, -0.25) is 9.78 Å². The van der Waals surface area contributed by atoms with Gasteiger partial charge in [-0.25, -0.2) is 4.39 Å². The number of carbonyl (C=O) groups excluding carboxylic acids is 1. The van der Waals surface area contributed by atoms with E-state index in [9.17, 15) is 9.18 Å². The molecule has 1 aliphatic heterocycles. The smallest absolute Gasteiger partial charge is 0.222 e. The number of fused-ring (bicyclic) bond motifs is 1. The third-order valence-corrected chi connectivity index (χ3v) is 7.18. The summed E-state index contributed by atoms with van der Waals surface area (Å²) < 4.78 is 26.2. The number of nitrogens with zero attached hydrogens (tertiary/aromatic N) is 1. The Hall–Kier alpha value is -3.09. The van der Waals surface area contributed by atoms with Gasteiger partial charge in [0.1, 0.15) is 5.82 Å². The van der Waals surface area contributed by atoms with Crippen molar-refractivity contribution in [2.45, 2.75) is 83.2 Å². The molecule has 5 rings (SSSR count). The molecule has 2 heterocycles. The molecule has 3 aromatic rings. The van der Waals surface area contributed by atoms with Gasteiger partial charge >= 0.3 is 0 Å². The average molecular weight is 517 g/mol. The number of para-hydroxylation sites is 1. The maximum absolute atomic E-state index is 13.8. The van der Waals surface area contributed by atoms with E-state index >= 15 is 0 Å². The molecular weight excluding hydrogens is 479 g/mol. The van der Waals surface area contributed by atoms with Gasteiger partial charge in [0.25, 0.3) is 0 Å². The van der Waals surface area contributed by atoms with Crippen LogP contribution in [-0.2, 0) is 14.3 Å². The third kappa shape index (κ3) is 6.30. The Morgan fingerprint density at radius 1 is 1.13 bits per heavy atom. The van der Waals surface area contributed by atoms with Gasteiger partial charge in [-0.05, 0) is 56.9 Å². The predicted molar refractivity (Wildman–Crippen MR) is 149 cm³/mol. The van der Waals surface area contributed by atoms with Crippen LogP contribution in [0.1, 0.15) is 76.5 Å². The van der Waals surface area contributed by atoms with Crippen LogP contribution < -0.4 is 5.32 Å². The van der Waals surface area contributed by atoms with Gasteiger partial charge in [0.2, 0.25) is 5.91 Å². The molecule has 0 bridgehead atoms. The fourth-order valence-electron chi connectivity index (χ4n) is 5.29. The molecule has 2 aromatic carbocycles. The van der Waals surface area contributed by atoms with Gasteiger partial charge in [0.05, 0.1) is 29.8 Å². The van der Waals surface area contributed by atoms with Gasteiger partial charge in [-0.1, -0.05) is 55.8 Å². The lowest BCUT2D eigenvalue weighted by atomic mass is 9.92. The monoisotopic (exact) mass is 516 g/mol. The molecular formula is C32H37FN2O3. The molecule has 0 unspecified atom stereocenters. The fourth-order valence-corrected chi connectivity index (χ4v) is 5.29. The number of amides is 1. The zero-order chi connectivity index (χ0) is 26.7. The molecule has 2 fully saturated rings. The molecule has 1 amide bonds. The Labute approximate surface area is 224 Å². The lowest BCUT2D eigenvalue weighted by Gasteiger charge is -2.39. The summed E-state index contributed by atoms with van der Waals surface area (Å²) in [7, 11) is 0. The number of halogens is 1. The number of unbranched alkanes of at least 4 members (excludes halogenated alkanes) is 1. The molecule has 2 atom stereocenters. The first-order chi connectivity index (χ1) is 18.3. The Morgan fingerprint density at radius 3 is 2.63 bits per heavy atom. The summed E-state index contributed by atoms with van der Waals surface area (Å²) in [4.78, 5) is 17.6. The minimum Gasteiger partial charge on any atom is -0.356 e. The lowest BCUT2D eigenvalue weighted by Crippen LogP contribution is -2.45. The van der Waals surface area contributed by atoms with Crippen LogP contribution in [-0.4, -0.2) is 35.4 Å². The highest BCUT2D eigenvalue weighted by molar-refractivity contribution is 5.99. The second kappa shape index (κ2) is 11.3. The molecule has 1 aromatic heterocycles. The van der Waals surface area contributed by atoms with Crippen LogP contribution in [0.4, 0.5) is 4.39 Å². The van der Waals surface area contributed by atoms with Crippen LogP contribution >= 0.6 is 0 Å². The van der Waals surface area contributed by atoms with Crippen LogP contribution in [0.25, 0.3) is 28.1 Å². The Bertz CT molecular complexity index is 1310. The summed E-state index contributed by atoms with van der Waals surface area (Å²) in [5.41, 5.74) is 5.11. The van der Waals surface area contributed by atoms with E-state index in [0.29, 0.717) is 25.3 Å². The molecule has 1 saturated carbocycles. The molecule has 0 radical (unpaired) electrons. The number of rotatable bonds is 9. The van der Waals surface area contributed by atoms with Crippen LogP contribution in [0.5, 0.6) is 0 Å². The highest BCUT2D eigenvalue weighted by Crippen LogP contribution is 2.45. The Kier molecular flexibility index (Phi) is 7.91. The van der Waals surface area contributed by atoms with E-state index in [1.807, 2.05) is 44.2 Å². The number of ether oxygens (including phenoxy) is 2.